The summed E-state index contributed by atoms with van der Waals surface area (Å²) in [6.07, 6.45) is 11.4. The van der Waals surface area contributed by atoms with Crippen molar-refractivity contribution >= 4 is 60.9 Å². The molecule has 8 aromatic rings. The van der Waals surface area contributed by atoms with Crippen molar-refractivity contribution in [1.82, 2.24) is 4.57 Å². The quantitative estimate of drug-likeness (QED) is 0.178. The van der Waals surface area contributed by atoms with Gasteiger partial charge in [0.1, 0.15) is 0 Å². The van der Waals surface area contributed by atoms with Crippen LogP contribution in [0.15, 0.2) is 140 Å². The average Bonchev–Trinajstić information content (AvgIpc) is 3.48. The molecule has 2 aliphatic carbocycles. The third kappa shape index (κ3) is 4.03. The van der Waals surface area contributed by atoms with Gasteiger partial charge in [-0.2, -0.15) is 0 Å². The van der Waals surface area contributed by atoms with Crippen molar-refractivity contribution in [3.05, 3.63) is 167 Å². The maximum atomic E-state index is 2.46. The lowest BCUT2D eigenvalue weighted by Gasteiger charge is -2.23. The van der Waals surface area contributed by atoms with Crippen LogP contribution in [0.2, 0.25) is 0 Å². The van der Waals surface area contributed by atoms with Crippen molar-refractivity contribution in [2.45, 2.75) is 25.7 Å². The predicted octanol–water partition coefficient (Wildman–Crippen LogP) is 12.2. The van der Waals surface area contributed by atoms with Crippen LogP contribution in [0.5, 0.6) is 0 Å². The van der Waals surface area contributed by atoms with E-state index in [1.807, 2.05) is 0 Å². The minimum absolute atomic E-state index is 1.03. The number of hydrogen-bond donors (Lipinski definition) is 0. The predicted molar refractivity (Wildman–Crippen MR) is 201 cm³/mol. The summed E-state index contributed by atoms with van der Waals surface area (Å²) in [4.78, 5) is 0. The van der Waals surface area contributed by atoms with E-state index in [9.17, 15) is 0 Å². The number of allylic oxidation sites excluding steroid dienone is 2. The van der Waals surface area contributed by atoms with Crippen molar-refractivity contribution in [2.75, 3.05) is 0 Å². The number of nitrogens with zero attached hydrogens (tertiary/aromatic N) is 1. The molecule has 0 fully saturated rings. The lowest BCUT2D eigenvalue weighted by molar-refractivity contribution is 0.967. The lowest BCUT2D eigenvalue weighted by Crippen LogP contribution is -2.02. The molecule has 0 unspecified atom stereocenters. The van der Waals surface area contributed by atoms with Gasteiger partial charge in [0.2, 0.25) is 0 Å². The smallest absolute Gasteiger partial charge is 0.0537 e. The summed E-state index contributed by atoms with van der Waals surface area (Å²) >= 11 is 0. The van der Waals surface area contributed by atoms with E-state index in [1.54, 1.807) is 0 Å². The van der Waals surface area contributed by atoms with Crippen molar-refractivity contribution in [2.24, 2.45) is 0 Å². The first-order valence-corrected chi connectivity index (χ1v) is 16.9. The number of rotatable bonds is 3. The van der Waals surface area contributed by atoms with Crippen LogP contribution in [-0.2, 0) is 12.8 Å². The fraction of sp³-hybridized carbons (Fsp3) is 0.0870. The first kappa shape index (κ1) is 26.5. The number of benzene rings is 7. The highest BCUT2D eigenvalue weighted by Crippen LogP contribution is 2.45. The van der Waals surface area contributed by atoms with Gasteiger partial charge in [0, 0.05) is 16.8 Å². The van der Waals surface area contributed by atoms with Gasteiger partial charge < -0.3 is 4.57 Å². The second-order valence-corrected chi connectivity index (χ2v) is 13.1. The number of aryl methyl sites for hydroxylation is 2. The van der Waals surface area contributed by atoms with Gasteiger partial charge in [-0.15, -0.1) is 0 Å². The average molecular weight is 600 g/mol. The van der Waals surface area contributed by atoms with E-state index in [4.69, 9.17) is 0 Å². The van der Waals surface area contributed by atoms with Crippen molar-refractivity contribution in [1.29, 1.82) is 0 Å². The Labute approximate surface area is 274 Å². The normalized spacial score (nSPS) is 14.1. The van der Waals surface area contributed by atoms with Gasteiger partial charge >= 0.3 is 0 Å². The molecule has 0 radical (unpaired) electrons. The highest BCUT2D eigenvalue weighted by atomic mass is 15.0. The summed E-state index contributed by atoms with van der Waals surface area (Å²) in [5.74, 6) is 0. The van der Waals surface area contributed by atoms with Gasteiger partial charge in [-0.3, -0.25) is 0 Å². The molecule has 1 nitrogen and oxygen atoms in total. The molecule has 0 bridgehead atoms. The molecule has 0 spiro atoms. The standard InChI is InChI=1S/C46H33N/c1-2-12-35-30(11-1)21-22-32-29-33(25-28-36(32)35)46-41-17-5-3-15-39(41)45(40-16-4-6-18-42(40)46)31-23-26-34(27-24-31)47-43-19-9-7-13-37(43)38-14-8-10-20-44(38)47/h1-7,9-13,15-24,26-27,29H,8,14,25,28H2. The first-order chi connectivity index (χ1) is 23.3. The van der Waals surface area contributed by atoms with E-state index in [2.05, 4.69) is 156 Å². The van der Waals surface area contributed by atoms with E-state index in [1.165, 1.54) is 93.6 Å². The van der Waals surface area contributed by atoms with Gasteiger partial charge in [-0.1, -0.05) is 127 Å². The molecule has 0 saturated carbocycles. The molecule has 10 rings (SSSR count). The van der Waals surface area contributed by atoms with Crippen molar-refractivity contribution < 1.29 is 0 Å². The molecule has 7 aromatic carbocycles. The zero-order valence-electron chi connectivity index (χ0n) is 26.2. The zero-order chi connectivity index (χ0) is 30.9. The number of para-hydroxylation sites is 1. The lowest BCUT2D eigenvalue weighted by atomic mass is 9.81. The van der Waals surface area contributed by atoms with E-state index in [0.717, 1.165) is 25.7 Å². The molecule has 0 saturated heterocycles. The SMILES string of the molecule is C1=Cc2c(c3ccccc3n2-c2ccc(-c3c4ccccc4c(C4=Cc5ccc6ccccc6c5CC4)c4ccccc34)cc2)CC1. The highest BCUT2D eigenvalue weighted by Gasteiger charge is 2.22. The molecule has 0 N–H and O–H groups in total. The Hall–Kier alpha value is -5.66. The molecule has 1 heteroatoms. The molecule has 222 valence electrons. The Morgan fingerprint density at radius 1 is 0.468 bits per heavy atom. The summed E-state index contributed by atoms with van der Waals surface area (Å²) in [6.45, 7) is 0. The van der Waals surface area contributed by atoms with Crippen LogP contribution in [0.4, 0.5) is 0 Å². The Bertz CT molecular complexity index is 2550. The van der Waals surface area contributed by atoms with E-state index >= 15 is 0 Å². The molecule has 1 heterocycles. The third-order valence-corrected chi connectivity index (χ3v) is 10.6. The van der Waals surface area contributed by atoms with Gasteiger partial charge in [0.25, 0.3) is 0 Å². The molecular weight excluding hydrogens is 567 g/mol. The summed E-state index contributed by atoms with van der Waals surface area (Å²) in [7, 11) is 0. The number of aromatic nitrogens is 1. The Morgan fingerprint density at radius 3 is 1.85 bits per heavy atom. The van der Waals surface area contributed by atoms with Crippen molar-refractivity contribution in [3.63, 3.8) is 0 Å². The van der Waals surface area contributed by atoms with Crippen LogP contribution in [0.1, 0.15) is 40.8 Å². The molecule has 2 aliphatic rings. The van der Waals surface area contributed by atoms with Gasteiger partial charge in [-0.05, 0) is 121 Å². The minimum Gasteiger partial charge on any atom is -0.310 e. The number of hydrogen-bond acceptors (Lipinski definition) is 0. The molecule has 0 aliphatic heterocycles. The maximum Gasteiger partial charge on any atom is 0.0537 e. The summed E-state index contributed by atoms with van der Waals surface area (Å²) in [5, 5.41) is 9.37. The van der Waals surface area contributed by atoms with E-state index in [-0.39, 0.29) is 0 Å². The topological polar surface area (TPSA) is 4.93 Å². The van der Waals surface area contributed by atoms with E-state index < -0.39 is 0 Å². The molecule has 47 heavy (non-hydrogen) atoms. The van der Waals surface area contributed by atoms with Crippen LogP contribution < -0.4 is 0 Å². The highest BCUT2D eigenvalue weighted by molar-refractivity contribution is 6.20. The van der Waals surface area contributed by atoms with Crippen LogP contribution in [0.3, 0.4) is 0 Å². The molecule has 0 atom stereocenters. The minimum atomic E-state index is 1.03. The molecule has 0 amide bonds. The van der Waals surface area contributed by atoms with Gasteiger partial charge in [0.15, 0.2) is 0 Å². The second-order valence-electron chi connectivity index (χ2n) is 13.1. The molecule has 1 aromatic heterocycles. The van der Waals surface area contributed by atoms with Crippen molar-refractivity contribution in [3.8, 4) is 16.8 Å². The van der Waals surface area contributed by atoms with E-state index in [0.29, 0.717) is 0 Å². The first-order valence-electron chi connectivity index (χ1n) is 16.9. The monoisotopic (exact) mass is 599 g/mol. The zero-order valence-corrected chi connectivity index (χ0v) is 26.2. The summed E-state index contributed by atoms with van der Waals surface area (Å²) in [6, 6.07) is 49.6. The van der Waals surface area contributed by atoms with Crippen LogP contribution in [0.25, 0.3) is 77.8 Å². The second kappa shape index (κ2) is 10.4. The maximum absolute atomic E-state index is 2.46. The van der Waals surface area contributed by atoms with Crippen LogP contribution in [0, 0.1) is 0 Å². The van der Waals surface area contributed by atoms with Gasteiger partial charge in [0.05, 0.1) is 5.52 Å². The Balaban J connectivity index is 1.16. The Morgan fingerprint density at radius 2 is 1.11 bits per heavy atom. The van der Waals surface area contributed by atoms with Crippen LogP contribution in [-0.4, -0.2) is 4.57 Å². The third-order valence-electron chi connectivity index (χ3n) is 10.6. The molecular formula is C46H33N. The van der Waals surface area contributed by atoms with Crippen LogP contribution >= 0.6 is 0 Å². The number of fused-ring (bicyclic) bond motifs is 8. The summed E-state index contributed by atoms with van der Waals surface area (Å²) < 4.78 is 2.44. The fourth-order valence-electron chi connectivity index (χ4n) is 8.51. The largest absolute Gasteiger partial charge is 0.310 e. The van der Waals surface area contributed by atoms with Gasteiger partial charge in [-0.25, -0.2) is 0 Å². The fourth-order valence-corrected chi connectivity index (χ4v) is 8.51. The Kier molecular flexibility index (Phi) is 5.90. The summed E-state index contributed by atoms with van der Waals surface area (Å²) in [5.41, 5.74) is 13.5.